The van der Waals surface area contributed by atoms with Crippen molar-refractivity contribution in [2.75, 3.05) is 20.2 Å². The lowest BCUT2D eigenvalue weighted by Gasteiger charge is -2.31. The third kappa shape index (κ3) is 4.40. The van der Waals surface area contributed by atoms with Gasteiger partial charge in [-0.15, -0.1) is 0 Å². The minimum absolute atomic E-state index is 0.0799. The molecule has 7 heteroatoms. The van der Waals surface area contributed by atoms with E-state index in [0.717, 1.165) is 28.5 Å². The number of nitrogens with one attached hydrogen (secondary N) is 1. The van der Waals surface area contributed by atoms with Crippen LogP contribution in [-0.2, 0) is 16.6 Å². The molecule has 0 saturated carbocycles. The summed E-state index contributed by atoms with van der Waals surface area (Å²) in [7, 11) is 3.60. The minimum atomic E-state index is -0.859. The Bertz CT molecular complexity index is 1170. The molecule has 2 N–H and O–H groups in total. The zero-order valence-corrected chi connectivity index (χ0v) is 20.2. The van der Waals surface area contributed by atoms with Crippen LogP contribution in [0.2, 0.25) is 0 Å². The van der Waals surface area contributed by atoms with Gasteiger partial charge in [0.25, 0.3) is 0 Å². The lowest BCUT2D eigenvalue weighted by atomic mass is 9.82. The molecule has 2 aromatic carbocycles. The summed E-state index contributed by atoms with van der Waals surface area (Å²) in [4.78, 5) is 27.7. The third-order valence-electron chi connectivity index (χ3n) is 7.04. The number of aryl methyl sites for hydroxylation is 1. The number of aromatic nitrogens is 1. The van der Waals surface area contributed by atoms with Crippen molar-refractivity contribution in [2.45, 2.75) is 38.3 Å². The summed E-state index contributed by atoms with van der Waals surface area (Å²) < 4.78 is 7.35. The largest absolute Gasteiger partial charge is 0.497 e. The van der Waals surface area contributed by atoms with Crippen molar-refractivity contribution < 1.29 is 19.4 Å². The second-order valence-electron chi connectivity index (χ2n) is 9.10. The molecule has 4 rings (SSSR count). The van der Waals surface area contributed by atoms with Crippen LogP contribution >= 0.6 is 0 Å². The first-order chi connectivity index (χ1) is 16.3. The van der Waals surface area contributed by atoms with Gasteiger partial charge in [-0.1, -0.05) is 25.1 Å². The number of rotatable bonds is 8. The van der Waals surface area contributed by atoms with E-state index in [4.69, 9.17) is 4.74 Å². The van der Waals surface area contributed by atoms with E-state index in [1.54, 1.807) is 7.11 Å². The average molecular weight is 464 g/mol. The molecule has 0 spiro atoms. The van der Waals surface area contributed by atoms with E-state index in [1.165, 1.54) is 0 Å². The summed E-state index contributed by atoms with van der Waals surface area (Å²) in [5, 5.41) is 14.5. The number of carboxylic acids is 1. The predicted octanol–water partition coefficient (Wildman–Crippen LogP) is 3.94. The van der Waals surface area contributed by atoms with Gasteiger partial charge in [-0.05, 0) is 60.2 Å². The zero-order valence-electron chi connectivity index (χ0n) is 20.2. The summed E-state index contributed by atoms with van der Waals surface area (Å²) in [6.45, 7) is 4.95. The lowest BCUT2D eigenvalue weighted by Crippen LogP contribution is -2.45. The number of fused-ring (bicyclic) bond motifs is 1. The fourth-order valence-corrected chi connectivity index (χ4v) is 5.18. The number of ether oxygens (including phenoxy) is 1. The Balaban J connectivity index is 1.77. The molecule has 4 unspecified atom stereocenters. The first-order valence-corrected chi connectivity index (χ1v) is 11.8. The van der Waals surface area contributed by atoms with E-state index in [0.29, 0.717) is 18.8 Å². The Morgan fingerprint density at radius 1 is 1.15 bits per heavy atom. The predicted molar refractivity (Wildman–Crippen MR) is 132 cm³/mol. The Labute approximate surface area is 200 Å². The van der Waals surface area contributed by atoms with Crippen LogP contribution < -0.4 is 10.1 Å². The maximum Gasteiger partial charge on any atom is 0.309 e. The monoisotopic (exact) mass is 463 g/mol. The molecule has 0 radical (unpaired) electrons. The van der Waals surface area contributed by atoms with Gasteiger partial charge in [0.1, 0.15) is 5.75 Å². The number of amides is 1. The van der Waals surface area contributed by atoms with Gasteiger partial charge in [-0.25, -0.2) is 0 Å². The van der Waals surface area contributed by atoms with Crippen LogP contribution in [0, 0.1) is 5.92 Å². The van der Waals surface area contributed by atoms with E-state index >= 15 is 0 Å². The molecule has 1 fully saturated rings. The number of aliphatic carboxylic acids is 1. The summed E-state index contributed by atoms with van der Waals surface area (Å²) in [5.74, 6) is -1.18. The van der Waals surface area contributed by atoms with Crippen LogP contribution in [-0.4, -0.2) is 52.7 Å². The van der Waals surface area contributed by atoms with Gasteiger partial charge in [-0.2, -0.15) is 0 Å². The Kier molecular flexibility index (Phi) is 6.93. The molecule has 2 heterocycles. The molecule has 1 aliphatic heterocycles. The molecular weight excluding hydrogens is 430 g/mol. The van der Waals surface area contributed by atoms with Crippen LogP contribution in [0.1, 0.15) is 43.4 Å². The molecule has 180 valence electrons. The van der Waals surface area contributed by atoms with Crippen LogP contribution in [0.3, 0.4) is 0 Å². The number of hydrogen-bond donors (Lipinski definition) is 2. The molecule has 34 heavy (non-hydrogen) atoms. The first kappa shape index (κ1) is 23.8. The van der Waals surface area contributed by atoms with Gasteiger partial charge in [0.05, 0.1) is 19.1 Å². The smallest absolute Gasteiger partial charge is 0.309 e. The number of nitrogens with zero attached hydrogens (tertiary/aromatic N) is 2. The van der Waals surface area contributed by atoms with Crippen molar-refractivity contribution in [3.63, 3.8) is 0 Å². The van der Waals surface area contributed by atoms with Crippen LogP contribution in [0.15, 0.2) is 54.7 Å². The molecule has 3 aromatic rings. The van der Waals surface area contributed by atoms with E-state index in [2.05, 4.69) is 16.0 Å². The molecule has 0 aliphatic carbocycles. The molecule has 4 atom stereocenters. The van der Waals surface area contributed by atoms with Crippen molar-refractivity contribution in [3.05, 3.63) is 65.9 Å². The molecule has 7 nitrogen and oxygen atoms in total. The summed E-state index contributed by atoms with van der Waals surface area (Å²) >= 11 is 0. The highest BCUT2D eigenvalue weighted by Gasteiger charge is 2.49. The molecular formula is C27H33N3O4. The van der Waals surface area contributed by atoms with Crippen molar-refractivity contribution >= 4 is 22.8 Å². The quantitative estimate of drug-likeness (QED) is 0.529. The van der Waals surface area contributed by atoms with Gasteiger partial charge < -0.3 is 19.7 Å². The van der Waals surface area contributed by atoms with Gasteiger partial charge >= 0.3 is 5.97 Å². The fraction of sp³-hybridized carbons (Fsp3) is 0.407. The van der Waals surface area contributed by atoms with Gasteiger partial charge in [0, 0.05) is 43.8 Å². The van der Waals surface area contributed by atoms with E-state index in [9.17, 15) is 14.7 Å². The number of carbonyl (C=O) groups excluding carboxylic acids is 1. The number of methoxy groups -OCH3 is 1. The van der Waals surface area contributed by atoms with Crippen LogP contribution in [0.25, 0.3) is 10.9 Å². The fourth-order valence-electron chi connectivity index (χ4n) is 5.18. The first-order valence-electron chi connectivity index (χ1n) is 11.8. The molecule has 1 aliphatic rings. The number of carboxylic acid groups (broad SMARTS) is 1. The van der Waals surface area contributed by atoms with Gasteiger partial charge in [0.15, 0.2) is 0 Å². The summed E-state index contributed by atoms with van der Waals surface area (Å²) in [5.41, 5.74) is 2.95. The maximum atomic E-state index is 12.9. The van der Waals surface area contributed by atoms with Crippen molar-refractivity contribution in [1.29, 1.82) is 0 Å². The average Bonchev–Trinajstić information content (AvgIpc) is 3.43. The molecule has 1 amide bonds. The topological polar surface area (TPSA) is 83.8 Å². The second kappa shape index (κ2) is 9.89. The Morgan fingerprint density at radius 2 is 1.85 bits per heavy atom. The second-order valence-corrected chi connectivity index (χ2v) is 9.10. The van der Waals surface area contributed by atoms with Gasteiger partial charge in [0.2, 0.25) is 5.91 Å². The number of carbonyl (C=O) groups is 2. The van der Waals surface area contributed by atoms with Crippen molar-refractivity contribution in [3.8, 4) is 5.75 Å². The SMILES string of the molecule is CCCNC(=O)C(C)N1CC(c2ccc3c(ccn3C)c2)C(C(=O)O)C1c1ccc(OC)cc1. The Morgan fingerprint density at radius 3 is 2.50 bits per heavy atom. The number of benzene rings is 2. The van der Waals surface area contributed by atoms with Crippen molar-refractivity contribution in [1.82, 2.24) is 14.8 Å². The lowest BCUT2D eigenvalue weighted by molar-refractivity contribution is -0.143. The van der Waals surface area contributed by atoms with E-state index in [1.807, 2.05) is 74.5 Å². The highest BCUT2D eigenvalue weighted by Crippen LogP contribution is 2.47. The van der Waals surface area contributed by atoms with Crippen molar-refractivity contribution in [2.24, 2.45) is 13.0 Å². The summed E-state index contributed by atoms with van der Waals surface area (Å²) in [6.07, 6.45) is 2.85. The highest BCUT2D eigenvalue weighted by molar-refractivity contribution is 5.83. The standard InChI is InChI=1S/C27H33N3O4/c1-5-13-28-26(31)17(2)30-16-22(19-8-11-23-20(15-19)12-14-29(23)3)24(27(32)33)25(30)18-6-9-21(34-4)10-7-18/h6-12,14-15,17,22,24-25H,5,13,16H2,1-4H3,(H,28,31)(H,32,33). The maximum absolute atomic E-state index is 12.9. The van der Waals surface area contributed by atoms with Crippen LogP contribution in [0.4, 0.5) is 0 Å². The Hall–Kier alpha value is -3.32. The van der Waals surface area contributed by atoms with E-state index in [-0.39, 0.29) is 11.8 Å². The molecule has 1 saturated heterocycles. The number of hydrogen-bond acceptors (Lipinski definition) is 4. The minimum Gasteiger partial charge on any atom is -0.497 e. The molecule has 1 aromatic heterocycles. The number of likely N-dealkylation sites (tertiary alicyclic amines) is 1. The summed E-state index contributed by atoms with van der Waals surface area (Å²) in [6, 6.07) is 14.8. The highest BCUT2D eigenvalue weighted by atomic mass is 16.5. The van der Waals surface area contributed by atoms with Gasteiger partial charge in [-0.3, -0.25) is 14.5 Å². The third-order valence-corrected chi connectivity index (χ3v) is 7.04. The normalized spacial score (nSPS) is 21.5. The molecule has 0 bridgehead atoms. The zero-order chi connectivity index (χ0) is 24.4. The van der Waals surface area contributed by atoms with E-state index < -0.39 is 24.0 Å². The van der Waals surface area contributed by atoms with Crippen LogP contribution in [0.5, 0.6) is 5.75 Å².